The third-order valence-electron chi connectivity index (χ3n) is 3.11. The average molecular weight is 315 g/mol. The van der Waals surface area contributed by atoms with Crippen molar-refractivity contribution < 1.29 is 18.1 Å². The molecule has 1 aromatic heterocycles. The Morgan fingerprint density at radius 3 is 2.52 bits per heavy atom. The van der Waals surface area contributed by atoms with Gasteiger partial charge >= 0.3 is 0 Å². The smallest absolute Gasteiger partial charge is 0.255 e. The molecule has 7 heteroatoms. The Bertz CT molecular complexity index is 860. The zero-order chi connectivity index (χ0) is 16.4. The number of hydrogen-bond acceptors (Lipinski definition) is 4. The van der Waals surface area contributed by atoms with E-state index in [1.807, 2.05) is 0 Å². The summed E-state index contributed by atoms with van der Waals surface area (Å²) < 4.78 is 31.5. The Labute approximate surface area is 130 Å². The highest BCUT2D eigenvalue weighted by Crippen LogP contribution is 2.19. The summed E-state index contributed by atoms with van der Waals surface area (Å²) in [6.07, 6.45) is 0. The van der Waals surface area contributed by atoms with Crippen molar-refractivity contribution in [2.24, 2.45) is 0 Å². The minimum atomic E-state index is -0.710. The highest BCUT2D eigenvalue weighted by molar-refractivity contribution is 6.04. The predicted octanol–water partition coefficient (Wildman–Crippen LogP) is 3.58. The molecule has 0 saturated carbocycles. The molecule has 116 valence electrons. The van der Waals surface area contributed by atoms with E-state index in [2.05, 4.69) is 15.5 Å². The van der Waals surface area contributed by atoms with E-state index in [1.165, 1.54) is 12.1 Å². The second kappa shape index (κ2) is 5.96. The highest BCUT2D eigenvalue weighted by Gasteiger charge is 2.11. The van der Waals surface area contributed by atoms with Gasteiger partial charge in [-0.1, -0.05) is 17.3 Å². The van der Waals surface area contributed by atoms with Crippen LogP contribution in [0.25, 0.3) is 11.4 Å². The molecule has 0 spiro atoms. The first-order chi connectivity index (χ1) is 11.0. The van der Waals surface area contributed by atoms with Crippen LogP contribution in [0.2, 0.25) is 0 Å². The Morgan fingerprint density at radius 2 is 1.87 bits per heavy atom. The SMILES string of the molecule is Cc1nc(-c2ccc(C(=O)Nc3cc(F)ccc3F)cc2)no1. The molecule has 3 aromatic rings. The van der Waals surface area contributed by atoms with Gasteiger partial charge in [-0.3, -0.25) is 4.79 Å². The van der Waals surface area contributed by atoms with Gasteiger partial charge in [0.05, 0.1) is 5.69 Å². The van der Waals surface area contributed by atoms with Crippen molar-refractivity contribution in [1.29, 1.82) is 0 Å². The molecule has 1 N–H and O–H groups in total. The molecule has 0 radical (unpaired) electrons. The Kier molecular flexibility index (Phi) is 3.84. The predicted molar refractivity (Wildman–Crippen MR) is 78.8 cm³/mol. The van der Waals surface area contributed by atoms with Crippen LogP contribution >= 0.6 is 0 Å². The maximum absolute atomic E-state index is 13.5. The summed E-state index contributed by atoms with van der Waals surface area (Å²) in [7, 11) is 0. The summed E-state index contributed by atoms with van der Waals surface area (Å²) >= 11 is 0. The van der Waals surface area contributed by atoms with Gasteiger partial charge in [-0.05, 0) is 24.3 Å². The number of amides is 1. The van der Waals surface area contributed by atoms with Crippen LogP contribution in [-0.4, -0.2) is 16.0 Å². The van der Waals surface area contributed by atoms with Gasteiger partial charge in [0.1, 0.15) is 11.6 Å². The fourth-order valence-electron chi connectivity index (χ4n) is 1.97. The molecule has 23 heavy (non-hydrogen) atoms. The lowest BCUT2D eigenvalue weighted by Gasteiger charge is -2.07. The number of carbonyl (C=O) groups is 1. The van der Waals surface area contributed by atoms with E-state index in [1.54, 1.807) is 19.1 Å². The number of anilines is 1. The van der Waals surface area contributed by atoms with Gasteiger partial charge in [0.25, 0.3) is 5.91 Å². The quantitative estimate of drug-likeness (QED) is 0.802. The fourth-order valence-corrected chi connectivity index (χ4v) is 1.97. The van der Waals surface area contributed by atoms with Crippen molar-refractivity contribution in [3.05, 3.63) is 65.6 Å². The summed E-state index contributed by atoms with van der Waals surface area (Å²) in [5.74, 6) is -1.05. The van der Waals surface area contributed by atoms with E-state index < -0.39 is 17.5 Å². The van der Waals surface area contributed by atoms with Crippen molar-refractivity contribution in [3.63, 3.8) is 0 Å². The molecule has 0 fully saturated rings. The molecule has 0 aliphatic heterocycles. The second-order valence-corrected chi connectivity index (χ2v) is 4.79. The Morgan fingerprint density at radius 1 is 1.13 bits per heavy atom. The molecule has 2 aromatic carbocycles. The molecule has 1 amide bonds. The van der Waals surface area contributed by atoms with Crippen LogP contribution in [0.5, 0.6) is 0 Å². The molecule has 0 aliphatic carbocycles. The molecule has 1 heterocycles. The molecular formula is C16H11F2N3O2. The number of carbonyl (C=O) groups excluding carboxylic acids is 1. The lowest BCUT2D eigenvalue weighted by atomic mass is 10.1. The lowest BCUT2D eigenvalue weighted by molar-refractivity contribution is 0.102. The first-order valence-electron chi connectivity index (χ1n) is 6.70. The van der Waals surface area contributed by atoms with Gasteiger partial charge in [0, 0.05) is 24.1 Å². The summed E-state index contributed by atoms with van der Waals surface area (Å²) in [6.45, 7) is 1.67. The van der Waals surface area contributed by atoms with Crippen LogP contribution < -0.4 is 5.32 Å². The lowest BCUT2D eigenvalue weighted by Crippen LogP contribution is -2.13. The van der Waals surface area contributed by atoms with E-state index in [0.717, 1.165) is 18.2 Å². The first-order valence-corrected chi connectivity index (χ1v) is 6.70. The molecule has 0 atom stereocenters. The first kappa shape index (κ1) is 14.8. The van der Waals surface area contributed by atoms with E-state index >= 15 is 0 Å². The van der Waals surface area contributed by atoms with Crippen molar-refractivity contribution in [2.45, 2.75) is 6.92 Å². The molecule has 0 bridgehead atoms. The normalized spacial score (nSPS) is 10.6. The van der Waals surface area contributed by atoms with Gasteiger partial charge in [-0.25, -0.2) is 8.78 Å². The molecule has 3 rings (SSSR count). The van der Waals surface area contributed by atoms with Gasteiger partial charge in [0.2, 0.25) is 11.7 Å². The zero-order valence-electron chi connectivity index (χ0n) is 12.0. The van der Waals surface area contributed by atoms with Crippen LogP contribution in [0.1, 0.15) is 16.2 Å². The van der Waals surface area contributed by atoms with Crippen molar-refractivity contribution in [2.75, 3.05) is 5.32 Å². The van der Waals surface area contributed by atoms with E-state index in [9.17, 15) is 13.6 Å². The average Bonchev–Trinajstić information content (AvgIpc) is 2.97. The van der Waals surface area contributed by atoms with Gasteiger partial charge in [0.15, 0.2) is 0 Å². The number of nitrogens with one attached hydrogen (secondary N) is 1. The maximum atomic E-state index is 13.5. The fraction of sp³-hybridized carbons (Fsp3) is 0.0625. The van der Waals surface area contributed by atoms with Gasteiger partial charge < -0.3 is 9.84 Å². The molecular weight excluding hydrogens is 304 g/mol. The van der Waals surface area contributed by atoms with E-state index in [0.29, 0.717) is 17.3 Å². The van der Waals surface area contributed by atoms with Crippen molar-refractivity contribution >= 4 is 11.6 Å². The summed E-state index contributed by atoms with van der Waals surface area (Å²) in [6, 6.07) is 9.20. The Balaban J connectivity index is 1.79. The van der Waals surface area contributed by atoms with Crippen LogP contribution in [0.3, 0.4) is 0 Å². The van der Waals surface area contributed by atoms with Crippen LogP contribution in [-0.2, 0) is 0 Å². The summed E-state index contributed by atoms with van der Waals surface area (Å²) in [5.41, 5.74) is 0.751. The van der Waals surface area contributed by atoms with Crippen molar-refractivity contribution in [1.82, 2.24) is 10.1 Å². The number of nitrogens with zero attached hydrogens (tertiary/aromatic N) is 2. The van der Waals surface area contributed by atoms with Gasteiger partial charge in [-0.15, -0.1) is 0 Å². The Hall–Kier alpha value is -3.09. The van der Waals surface area contributed by atoms with Gasteiger partial charge in [-0.2, -0.15) is 4.98 Å². The number of aryl methyl sites for hydroxylation is 1. The summed E-state index contributed by atoms with van der Waals surface area (Å²) in [4.78, 5) is 16.2. The zero-order valence-corrected chi connectivity index (χ0v) is 12.0. The van der Waals surface area contributed by atoms with Crippen LogP contribution in [0, 0.1) is 18.6 Å². The standard InChI is InChI=1S/C16H11F2N3O2/c1-9-19-15(21-23-9)10-2-4-11(5-3-10)16(22)20-14-8-12(17)6-7-13(14)18/h2-8H,1H3,(H,20,22). The number of halogens is 2. The number of hydrogen-bond donors (Lipinski definition) is 1. The number of benzene rings is 2. The third-order valence-corrected chi connectivity index (χ3v) is 3.11. The van der Waals surface area contributed by atoms with E-state index in [-0.39, 0.29) is 11.3 Å². The molecule has 0 unspecified atom stereocenters. The molecule has 5 nitrogen and oxygen atoms in total. The second-order valence-electron chi connectivity index (χ2n) is 4.79. The minimum Gasteiger partial charge on any atom is -0.339 e. The van der Waals surface area contributed by atoms with Crippen LogP contribution in [0.15, 0.2) is 47.0 Å². The van der Waals surface area contributed by atoms with Crippen molar-refractivity contribution in [3.8, 4) is 11.4 Å². The number of aromatic nitrogens is 2. The third kappa shape index (κ3) is 3.23. The highest BCUT2D eigenvalue weighted by atomic mass is 19.1. The van der Waals surface area contributed by atoms with E-state index in [4.69, 9.17) is 4.52 Å². The molecule has 0 saturated heterocycles. The van der Waals surface area contributed by atoms with Crippen LogP contribution in [0.4, 0.5) is 14.5 Å². The monoisotopic (exact) mass is 315 g/mol. The largest absolute Gasteiger partial charge is 0.339 e. The summed E-state index contributed by atoms with van der Waals surface area (Å²) in [5, 5.41) is 6.10. The minimum absolute atomic E-state index is 0.215. The maximum Gasteiger partial charge on any atom is 0.255 e. The number of rotatable bonds is 3. The topological polar surface area (TPSA) is 68.0 Å². The molecule has 0 aliphatic rings.